The standard InChI is InChI=1S/C30H32BrN5O3/c1-6-20(3)29-34-26-14-10-22(31)15-25(26)30(38)36(29)32-17-21-9-13-24(35(4)5)16-27(21)39-18-28(37)33-23-11-7-19(2)8-12-23/h7-17,20H,6,18H2,1-5H3,(H,33,37)/t20-/m0/s1. The van der Waals surface area contributed by atoms with E-state index in [2.05, 4.69) is 26.3 Å². The van der Waals surface area contributed by atoms with Crippen molar-refractivity contribution in [2.45, 2.75) is 33.1 Å². The summed E-state index contributed by atoms with van der Waals surface area (Å²) in [6, 6.07) is 18.6. The molecule has 0 spiro atoms. The number of benzene rings is 3. The first-order chi connectivity index (χ1) is 18.7. The summed E-state index contributed by atoms with van der Waals surface area (Å²) in [4.78, 5) is 32.8. The first-order valence-corrected chi connectivity index (χ1v) is 13.5. The van der Waals surface area contributed by atoms with Crippen LogP contribution in [0.5, 0.6) is 5.75 Å². The van der Waals surface area contributed by atoms with E-state index in [1.165, 1.54) is 4.68 Å². The average Bonchev–Trinajstić information content (AvgIpc) is 2.92. The number of halogens is 1. The number of carbonyl (C=O) groups is 1. The number of aromatic nitrogens is 2. The maximum Gasteiger partial charge on any atom is 0.282 e. The van der Waals surface area contributed by atoms with E-state index < -0.39 is 0 Å². The van der Waals surface area contributed by atoms with Gasteiger partial charge in [-0.25, -0.2) is 4.98 Å². The lowest BCUT2D eigenvalue weighted by molar-refractivity contribution is -0.118. The number of hydrogen-bond acceptors (Lipinski definition) is 6. The molecule has 39 heavy (non-hydrogen) atoms. The van der Waals surface area contributed by atoms with Crippen LogP contribution in [0.2, 0.25) is 0 Å². The van der Waals surface area contributed by atoms with E-state index in [0.29, 0.717) is 33.7 Å². The zero-order valence-corrected chi connectivity index (χ0v) is 24.3. The monoisotopic (exact) mass is 589 g/mol. The van der Waals surface area contributed by atoms with E-state index in [1.807, 2.05) is 94.4 Å². The van der Waals surface area contributed by atoms with Crippen LogP contribution in [-0.4, -0.2) is 42.5 Å². The third-order valence-electron chi connectivity index (χ3n) is 6.41. The van der Waals surface area contributed by atoms with E-state index in [0.717, 1.165) is 22.1 Å². The largest absolute Gasteiger partial charge is 0.483 e. The molecule has 3 aromatic carbocycles. The van der Waals surface area contributed by atoms with Crippen LogP contribution in [-0.2, 0) is 4.79 Å². The van der Waals surface area contributed by atoms with Crippen molar-refractivity contribution < 1.29 is 9.53 Å². The first kappa shape index (κ1) is 28.0. The minimum absolute atomic E-state index is 0.0141. The number of ether oxygens (including phenoxy) is 1. The van der Waals surface area contributed by atoms with Crippen molar-refractivity contribution in [1.82, 2.24) is 9.66 Å². The summed E-state index contributed by atoms with van der Waals surface area (Å²) in [5.74, 6) is 0.786. The van der Waals surface area contributed by atoms with Crippen molar-refractivity contribution in [3.05, 3.63) is 92.4 Å². The molecule has 0 bridgehead atoms. The lowest BCUT2D eigenvalue weighted by Crippen LogP contribution is -2.24. The van der Waals surface area contributed by atoms with Gasteiger partial charge in [0.15, 0.2) is 6.61 Å². The van der Waals surface area contributed by atoms with Crippen LogP contribution in [0.4, 0.5) is 11.4 Å². The van der Waals surface area contributed by atoms with Gasteiger partial charge in [0.05, 0.1) is 17.1 Å². The van der Waals surface area contributed by atoms with Crippen molar-refractivity contribution in [3.63, 3.8) is 0 Å². The smallest absolute Gasteiger partial charge is 0.282 e. The van der Waals surface area contributed by atoms with Gasteiger partial charge in [-0.15, -0.1) is 0 Å². The summed E-state index contributed by atoms with van der Waals surface area (Å²) >= 11 is 3.44. The molecule has 0 unspecified atom stereocenters. The van der Waals surface area contributed by atoms with Gasteiger partial charge < -0.3 is 15.0 Å². The van der Waals surface area contributed by atoms with Gasteiger partial charge in [0.2, 0.25) is 0 Å². The van der Waals surface area contributed by atoms with Gasteiger partial charge in [-0.1, -0.05) is 47.5 Å². The molecule has 1 atom stereocenters. The molecule has 0 saturated heterocycles. The Bertz CT molecular complexity index is 1580. The number of nitrogens with one attached hydrogen (secondary N) is 1. The number of hydrogen-bond donors (Lipinski definition) is 1. The van der Waals surface area contributed by atoms with Gasteiger partial charge in [0.1, 0.15) is 11.6 Å². The molecule has 0 aliphatic carbocycles. The molecule has 202 valence electrons. The molecule has 0 fully saturated rings. The highest BCUT2D eigenvalue weighted by Gasteiger charge is 2.16. The van der Waals surface area contributed by atoms with Crippen LogP contribution in [0, 0.1) is 6.92 Å². The van der Waals surface area contributed by atoms with Crippen LogP contribution in [0.1, 0.15) is 43.1 Å². The second-order valence-electron chi connectivity index (χ2n) is 9.62. The fraction of sp³-hybridized carbons (Fsp3) is 0.267. The van der Waals surface area contributed by atoms with Crippen molar-refractivity contribution in [2.75, 3.05) is 30.9 Å². The predicted octanol–water partition coefficient (Wildman–Crippen LogP) is 5.95. The van der Waals surface area contributed by atoms with E-state index in [9.17, 15) is 9.59 Å². The molecule has 1 aromatic heterocycles. The Balaban J connectivity index is 1.67. The van der Waals surface area contributed by atoms with Crippen LogP contribution in [0.3, 0.4) is 0 Å². The molecule has 0 aliphatic heterocycles. The second-order valence-corrected chi connectivity index (χ2v) is 10.5. The lowest BCUT2D eigenvalue weighted by atomic mass is 10.1. The van der Waals surface area contributed by atoms with Crippen molar-refractivity contribution in [3.8, 4) is 5.75 Å². The van der Waals surface area contributed by atoms with E-state index in [1.54, 1.807) is 12.3 Å². The molecule has 1 N–H and O–H groups in total. The molecule has 9 heteroatoms. The Labute approximate surface area is 236 Å². The number of amides is 1. The third-order valence-corrected chi connectivity index (χ3v) is 6.90. The third kappa shape index (κ3) is 6.72. The number of aryl methyl sites for hydroxylation is 1. The molecule has 1 amide bonds. The molecular weight excluding hydrogens is 558 g/mol. The fourth-order valence-corrected chi connectivity index (χ4v) is 4.27. The van der Waals surface area contributed by atoms with Gasteiger partial charge in [-0.2, -0.15) is 9.78 Å². The van der Waals surface area contributed by atoms with Crippen LogP contribution < -0.4 is 20.5 Å². The zero-order chi connectivity index (χ0) is 28.1. The number of nitrogens with zero attached hydrogens (tertiary/aromatic N) is 4. The van der Waals surface area contributed by atoms with E-state index >= 15 is 0 Å². The van der Waals surface area contributed by atoms with Crippen molar-refractivity contribution in [2.24, 2.45) is 5.10 Å². The van der Waals surface area contributed by atoms with Gasteiger partial charge in [-0.05, 0) is 55.8 Å². The quantitative estimate of drug-likeness (QED) is 0.244. The fourth-order valence-electron chi connectivity index (χ4n) is 3.91. The number of carbonyl (C=O) groups excluding carboxylic acids is 1. The molecule has 0 radical (unpaired) electrons. The average molecular weight is 591 g/mol. The second kappa shape index (κ2) is 12.3. The molecule has 8 nitrogen and oxygen atoms in total. The summed E-state index contributed by atoms with van der Waals surface area (Å²) < 4.78 is 8.10. The summed E-state index contributed by atoms with van der Waals surface area (Å²) in [5, 5.41) is 7.89. The highest BCUT2D eigenvalue weighted by molar-refractivity contribution is 9.10. The molecule has 1 heterocycles. The van der Waals surface area contributed by atoms with Gasteiger partial charge in [0.25, 0.3) is 11.5 Å². The Morgan fingerprint density at radius 1 is 1.15 bits per heavy atom. The zero-order valence-electron chi connectivity index (χ0n) is 22.7. The van der Waals surface area contributed by atoms with Gasteiger partial charge >= 0.3 is 0 Å². The molecule has 4 aromatic rings. The van der Waals surface area contributed by atoms with Crippen LogP contribution in [0.15, 0.2) is 75.0 Å². The molecular formula is C30H32BrN5O3. The molecule has 4 rings (SSSR count). The minimum Gasteiger partial charge on any atom is -0.483 e. The summed E-state index contributed by atoms with van der Waals surface area (Å²) in [7, 11) is 3.85. The highest BCUT2D eigenvalue weighted by atomic mass is 79.9. The SMILES string of the molecule is CC[C@H](C)c1nc2ccc(Br)cc2c(=O)n1N=Cc1ccc(N(C)C)cc1OCC(=O)Nc1ccc(C)cc1. The maximum atomic E-state index is 13.5. The minimum atomic E-state index is -0.281. The number of rotatable bonds is 9. The highest BCUT2D eigenvalue weighted by Crippen LogP contribution is 2.25. The Hall–Kier alpha value is -3.98. The Morgan fingerprint density at radius 3 is 2.59 bits per heavy atom. The Kier molecular flexibility index (Phi) is 8.81. The van der Waals surface area contributed by atoms with Crippen molar-refractivity contribution >= 4 is 50.3 Å². The molecule has 0 aliphatic rings. The summed E-state index contributed by atoms with van der Waals surface area (Å²) in [6.07, 6.45) is 2.37. The normalized spacial score (nSPS) is 12.1. The Morgan fingerprint density at radius 2 is 1.90 bits per heavy atom. The number of fused-ring (bicyclic) bond motifs is 1. The van der Waals surface area contributed by atoms with Crippen LogP contribution >= 0.6 is 15.9 Å². The van der Waals surface area contributed by atoms with Gasteiger partial charge in [-0.3, -0.25) is 9.59 Å². The van der Waals surface area contributed by atoms with E-state index in [4.69, 9.17) is 9.72 Å². The number of anilines is 2. The topological polar surface area (TPSA) is 88.8 Å². The van der Waals surface area contributed by atoms with E-state index in [-0.39, 0.29) is 24.0 Å². The summed E-state index contributed by atoms with van der Waals surface area (Å²) in [6.45, 7) is 5.87. The van der Waals surface area contributed by atoms with Crippen LogP contribution in [0.25, 0.3) is 10.9 Å². The first-order valence-electron chi connectivity index (χ1n) is 12.7. The molecule has 0 saturated carbocycles. The lowest BCUT2D eigenvalue weighted by Gasteiger charge is -2.16. The summed E-state index contributed by atoms with van der Waals surface area (Å²) in [5.41, 5.74) is 3.71. The van der Waals surface area contributed by atoms with Crippen molar-refractivity contribution in [1.29, 1.82) is 0 Å². The predicted molar refractivity (Wildman–Crippen MR) is 161 cm³/mol. The van der Waals surface area contributed by atoms with Gasteiger partial charge in [0, 0.05) is 47.5 Å². The maximum absolute atomic E-state index is 13.5.